The zero-order valence-corrected chi connectivity index (χ0v) is 16.2. The van der Waals surface area contributed by atoms with Gasteiger partial charge in [0, 0.05) is 10.8 Å². The quantitative estimate of drug-likeness (QED) is 0.849. The molecule has 25 heavy (non-hydrogen) atoms. The summed E-state index contributed by atoms with van der Waals surface area (Å²) in [6, 6.07) is -0.164. The summed E-state index contributed by atoms with van der Waals surface area (Å²) < 4.78 is 25.6. The second-order valence-electron chi connectivity index (χ2n) is 7.53. The lowest BCUT2D eigenvalue weighted by atomic mass is 9.84. The lowest BCUT2D eigenvalue weighted by Gasteiger charge is -2.29. The molecule has 0 radical (unpaired) electrons. The Morgan fingerprint density at radius 2 is 1.96 bits per heavy atom. The van der Waals surface area contributed by atoms with Crippen molar-refractivity contribution in [1.29, 1.82) is 0 Å². The van der Waals surface area contributed by atoms with E-state index in [9.17, 15) is 13.2 Å². The molecule has 8 heteroatoms. The van der Waals surface area contributed by atoms with E-state index >= 15 is 0 Å². The largest absolute Gasteiger partial charge is 0.310 e. The highest BCUT2D eigenvalue weighted by Gasteiger charge is 2.38. The number of anilines is 1. The molecule has 1 aromatic heterocycles. The van der Waals surface area contributed by atoms with Gasteiger partial charge in [-0.15, -0.1) is 11.8 Å². The summed E-state index contributed by atoms with van der Waals surface area (Å²) in [6.45, 7) is 1.99. The highest BCUT2D eigenvalue weighted by Crippen LogP contribution is 2.48. The van der Waals surface area contributed by atoms with Crippen molar-refractivity contribution in [1.82, 2.24) is 9.78 Å². The summed E-state index contributed by atoms with van der Waals surface area (Å²) in [7, 11) is -3.00. The van der Waals surface area contributed by atoms with Crippen molar-refractivity contribution < 1.29 is 13.2 Å². The zero-order chi connectivity index (χ0) is 17.6. The van der Waals surface area contributed by atoms with Crippen LogP contribution in [0.4, 0.5) is 5.82 Å². The normalized spacial score (nSPS) is 29.9. The monoisotopic (exact) mass is 383 g/mol. The Balaban J connectivity index is 1.74. The molecule has 0 spiro atoms. The number of hydrogen-bond donors (Lipinski definition) is 1. The molecule has 1 aliphatic carbocycles. The first-order valence-corrected chi connectivity index (χ1v) is 12.0. The molecular formula is C17H25N3O3S2. The van der Waals surface area contributed by atoms with Gasteiger partial charge in [-0.05, 0) is 32.1 Å². The van der Waals surface area contributed by atoms with Crippen LogP contribution in [0.15, 0.2) is 0 Å². The van der Waals surface area contributed by atoms with Crippen LogP contribution in [0.2, 0.25) is 0 Å². The van der Waals surface area contributed by atoms with E-state index in [0.29, 0.717) is 18.1 Å². The highest BCUT2D eigenvalue weighted by molar-refractivity contribution is 8.00. The number of amides is 1. The van der Waals surface area contributed by atoms with Crippen molar-refractivity contribution in [3.8, 4) is 0 Å². The zero-order valence-electron chi connectivity index (χ0n) is 14.5. The Morgan fingerprint density at radius 3 is 2.64 bits per heavy atom. The molecule has 1 aromatic rings. The number of fused-ring (bicyclic) bond motifs is 1. The summed E-state index contributed by atoms with van der Waals surface area (Å²) in [5, 5.41) is 7.99. The maximum Gasteiger partial charge on any atom is 0.235 e. The van der Waals surface area contributed by atoms with E-state index in [0.717, 1.165) is 17.1 Å². The van der Waals surface area contributed by atoms with E-state index in [2.05, 4.69) is 10.4 Å². The molecular weight excluding hydrogens is 358 g/mol. The summed E-state index contributed by atoms with van der Waals surface area (Å²) in [6.07, 6.45) is 6.80. The molecule has 3 heterocycles. The van der Waals surface area contributed by atoms with Crippen molar-refractivity contribution in [3.63, 3.8) is 0 Å². The topological polar surface area (TPSA) is 81.1 Å². The number of thioether (sulfide) groups is 1. The molecule has 138 valence electrons. The molecule has 6 nitrogen and oxygen atoms in total. The second kappa shape index (κ2) is 6.61. The van der Waals surface area contributed by atoms with Crippen LogP contribution in [0.3, 0.4) is 0 Å². The first-order valence-electron chi connectivity index (χ1n) is 9.15. The van der Waals surface area contributed by atoms with Crippen LogP contribution in [-0.4, -0.2) is 41.4 Å². The molecule has 0 bridgehead atoms. The van der Waals surface area contributed by atoms with Gasteiger partial charge in [-0.25, -0.2) is 13.1 Å². The van der Waals surface area contributed by atoms with Gasteiger partial charge in [0.1, 0.15) is 5.82 Å². The van der Waals surface area contributed by atoms with Gasteiger partial charge in [-0.3, -0.25) is 4.79 Å². The van der Waals surface area contributed by atoms with Gasteiger partial charge in [0.15, 0.2) is 9.84 Å². The van der Waals surface area contributed by atoms with Gasteiger partial charge >= 0.3 is 0 Å². The first-order chi connectivity index (χ1) is 11.9. The number of carbonyl (C=O) groups is 1. The number of carbonyl (C=O) groups excluding carboxylic acids is 1. The van der Waals surface area contributed by atoms with Crippen molar-refractivity contribution in [2.75, 3.05) is 22.6 Å². The molecule has 1 saturated heterocycles. The molecule has 2 fully saturated rings. The minimum atomic E-state index is -3.00. The number of rotatable bonds is 2. The Kier molecular flexibility index (Phi) is 4.60. The maximum atomic E-state index is 12.3. The summed E-state index contributed by atoms with van der Waals surface area (Å²) in [5.74, 6) is 2.11. The van der Waals surface area contributed by atoms with E-state index in [1.807, 2.05) is 6.92 Å². The smallest absolute Gasteiger partial charge is 0.235 e. The average Bonchev–Trinajstić information content (AvgIpc) is 3.03. The maximum absolute atomic E-state index is 12.3. The standard InChI is InChI=1S/C17H25N3O3S2/c1-11-15-16(12-5-3-2-4-6-12)24-9-14(21)18-17(15)20(19-11)13-7-8-25(22,23)10-13/h12-13,16H,2-10H2,1H3,(H,18,21)/t13-,16-/m0/s1. The van der Waals surface area contributed by atoms with E-state index < -0.39 is 9.84 Å². The van der Waals surface area contributed by atoms with Crippen molar-refractivity contribution in [3.05, 3.63) is 11.3 Å². The number of nitrogens with zero attached hydrogens (tertiary/aromatic N) is 2. The SMILES string of the molecule is Cc1nn([C@H]2CCS(=O)(=O)C2)c2c1[C@H](C1CCCCC1)SCC(=O)N2. The summed E-state index contributed by atoms with van der Waals surface area (Å²) >= 11 is 1.73. The van der Waals surface area contributed by atoms with Gasteiger partial charge in [0.05, 0.1) is 29.0 Å². The van der Waals surface area contributed by atoms with Gasteiger partial charge < -0.3 is 5.32 Å². The third kappa shape index (κ3) is 3.35. The molecule has 1 saturated carbocycles. The van der Waals surface area contributed by atoms with Crippen LogP contribution in [0.1, 0.15) is 61.1 Å². The van der Waals surface area contributed by atoms with Gasteiger partial charge in [0.25, 0.3) is 0 Å². The molecule has 1 N–H and O–H groups in total. The van der Waals surface area contributed by atoms with Crippen LogP contribution in [0, 0.1) is 12.8 Å². The van der Waals surface area contributed by atoms with Crippen LogP contribution < -0.4 is 5.32 Å². The van der Waals surface area contributed by atoms with Crippen LogP contribution in [-0.2, 0) is 14.6 Å². The molecule has 2 atom stereocenters. The fourth-order valence-electron chi connectivity index (χ4n) is 4.48. The van der Waals surface area contributed by atoms with E-state index in [-0.39, 0.29) is 28.7 Å². The molecule has 4 rings (SSSR count). The lowest BCUT2D eigenvalue weighted by Crippen LogP contribution is -2.20. The fourth-order valence-corrected chi connectivity index (χ4v) is 7.57. The van der Waals surface area contributed by atoms with E-state index in [1.54, 1.807) is 16.4 Å². The van der Waals surface area contributed by atoms with Gasteiger partial charge in [-0.1, -0.05) is 19.3 Å². The predicted molar refractivity (Wildman–Crippen MR) is 99.7 cm³/mol. The minimum absolute atomic E-state index is 0.00781. The van der Waals surface area contributed by atoms with Crippen molar-refractivity contribution in [2.24, 2.45) is 5.92 Å². The molecule has 0 aromatic carbocycles. The van der Waals surface area contributed by atoms with Gasteiger partial charge in [0.2, 0.25) is 5.91 Å². The predicted octanol–water partition coefficient (Wildman–Crippen LogP) is 2.86. The van der Waals surface area contributed by atoms with Crippen LogP contribution in [0.5, 0.6) is 0 Å². The van der Waals surface area contributed by atoms with Crippen LogP contribution >= 0.6 is 11.8 Å². The Morgan fingerprint density at radius 1 is 1.20 bits per heavy atom. The number of aromatic nitrogens is 2. The number of nitrogens with one attached hydrogen (secondary N) is 1. The van der Waals surface area contributed by atoms with E-state index in [1.165, 1.54) is 32.1 Å². The molecule has 1 amide bonds. The summed E-state index contributed by atoms with van der Waals surface area (Å²) in [5.41, 5.74) is 2.07. The fraction of sp³-hybridized carbons (Fsp3) is 0.765. The third-order valence-electron chi connectivity index (χ3n) is 5.70. The molecule has 0 unspecified atom stereocenters. The van der Waals surface area contributed by atoms with Gasteiger partial charge in [-0.2, -0.15) is 5.10 Å². The van der Waals surface area contributed by atoms with Crippen molar-refractivity contribution >= 4 is 33.3 Å². The molecule has 2 aliphatic heterocycles. The number of hydrogen-bond acceptors (Lipinski definition) is 5. The van der Waals surface area contributed by atoms with E-state index in [4.69, 9.17) is 0 Å². The Labute approximate surface area is 153 Å². The average molecular weight is 384 g/mol. The molecule has 3 aliphatic rings. The Bertz CT molecular complexity index is 781. The number of aryl methyl sites for hydroxylation is 1. The van der Waals surface area contributed by atoms with Crippen molar-refractivity contribution in [2.45, 2.75) is 56.7 Å². The summed E-state index contributed by atoms with van der Waals surface area (Å²) in [4.78, 5) is 12.3. The first kappa shape index (κ1) is 17.4. The minimum Gasteiger partial charge on any atom is -0.310 e. The third-order valence-corrected chi connectivity index (χ3v) is 8.86. The Hall–Kier alpha value is -1.02. The second-order valence-corrected chi connectivity index (χ2v) is 10.9. The highest BCUT2D eigenvalue weighted by atomic mass is 32.2. The number of sulfone groups is 1. The lowest BCUT2D eigenvalue weighted by molar-refractivity contribution is -0.113. The van der Waals surface area contributed by atoms with Crippen LogP contribution in [0.25, 0.3) is 0 Å².